The van der Waals surface area contributed by atoms with Gasteiger partial charge in [0, 0.05) is 21.9 Å². The fraction of sp³-hybridized carbons (Fsp3) is 0.615. The Morgan fingerprint density at radius 2 is 2.00 bits per heavy atom. The first-order valence-electron chi connectivity index (χ1n) is 6.09. The van der Waals surface area contributed by atoms with Crippen molar-refractivity contribution in [3.8, 4) is 0 Å². The van der Waals surface area contributed by atoms with Crippen molar-refractivity contribution >= 4 is 15.9 Å². The molecular formula is C13H16BrF2N. The van der Waals surface area contributed by atoms with Gasteiger partial charge in [-0.15, -0.1) is 0 Å². The van der Waals surface area contributed by atoms with E-state index in [1.807, 2.05) is 0 Å². The quantitative estimate of drug-likeness (QED) is 0.773. The largest absolute Gasteiger partial charge is 0.265 e. The summed E-state index contributed by atoms with van der Waals surface area (Å²) < 4.78 is 26.4. The highest BCUT2D eigenvalue weighted by molar-refractivity contribution is 9.10. The molecule has 1 heterocycles. The van der Waals surface area contributed by atoms with E-state index in [0.29, 0.717) is 22.5 Å². The summed E-state index contributed by atoms with van der Waals surface area (Å²) in [6, 6.07) is 1.50. The van der Waals surface area contributed by atoms with Gasteiger partial charge in [0.15, 0.2) is 0 Å². The van der Waals surface area contributed by atoms with E-state index in [-0.39, 0.29) is 5.56 Å². The van der Waals surface area contributed by atoms with Crippen molar-refractivity contribution in [1.82, 2.24) is 4.98 Å². The zero-order chi connectivity index (χ0) is 12.3. The van der Waals surface area contributed by atoms with Crippen LogP contribution in [0.15, 0.2) is 16.7 Å². The van der Waals surface area contributed by atoms with Crippen LogP contribution in [0.4, 0.5) is 8.78 Å². The molecule has 0 spiro atoms. The Labute approximate surface area is 109 Å². The van der Waals surface area contributed by atoms with Gasteiger partial charge in [0.05, 0.1) is 0 Å². The van der Waals surface area contributed by atoms with Crippen LogP contribution in [0.25, 0.3) is 0 Å². The summed E-state index contributed by atoms with van der Waals surface area (Å²) in [4.78, 5) is 4.17. The lowest BCUT2D eigenvalue weighted by molar-refractivity contribution is 0.149. The van der Waals surface area contributed by atoms with Crippen LogP contribution >= 0.6 is 15.9 Å². The maximum absolute atomic E-state index is 12.9. The smallest absolute Gasteiger partial charge is 0.260 e. The zero-order valence-electron chi connectivity index (χ0n) is 9.63. The molecule has 1 aliphatic carbocycles. The summed E-state index contributed by atoms with van der Waals surface area (Å²) in [5, 5.41) is 0. The molecule has 0 bridgehead atoms. The third-order valence-electron chi connectivity index (χ3n) is 3.41. The molecule has 1 aliphatic rings. The lowest BCUT2D eigenvalue weighted by atomic mass is 9.85. The van der Waals surface area contributed by atoms with Gasteiger partial charge in [0.1, 0.15) is 0 Å². The van der Waals surface area contributed by atoms with Gasteiger partial charge < -0.3 is 0 Å². The molecule has 0 aliphatic heterocycles. The highest BCUT2D eigenvalue weighted by atomic mass is 79.9. The molecular weight excluding hydrogens is 288 g/mol. The Hall–Kier alpha value is -0.510. The minimum atomic E-state index is -2.43. The number of alkyl halides is 2. The maximum atomic E-state index is 12.9. The van der Waals surface area contributed by atoms with Gasteiger partial charge in [-0.2, -0.15) is 0 Å². The second-order valence-electron chi connectivity index (χ2n) is 4.70. The van der Waals surface area contributed by atoms with E-state index in [4.69, 9.17) is 0 Å². The Balaban J connectivity index is 2.13. The third kappa shape index (κ3) is 3.47. The molecule has 4 heteroatoms. The average molecular weight is 304 g/mol. The number of rotatable bonds is 3. The summed E-state index contributed by atoms with van der Waals surface area (Å²) in [6.07, 6.45) is 5.93. The second kappa shape index (κ2) is 5.89. The minimum Gasteiger partial charge on any atom is -0.260 e. The molecule has 0 N–H and O–H groups in total. The van der Waals surface area contributed by atoms with E-state index in [9.17, 15) is 8.78 Å². The van der Waals surface area contributed by atoms with Crippen LogP contribution in [-0.2, 0) is 6.42 Å². The van der Waals surface area contributed by atoms with Gasteiger partial charge in [-0.05, 0) is 34.3 Å². The molecule has 0 unspecified atom stereocenters. The first-order valence-corrected chi connectivity index (χ1v) is 6.88. The number of halogens is 3. The Kier molecular flexibility index (Phi) is 4.48. The van der Waals surface area contributed by atoms with Crippen molar-refractivity contribution in [2.24, 2.45) is 5.92 Å². The van der Waals surface area contributed by atoms with E-state index < -0.39 is 6.43 Å². The fourth-order valence-corrected chi connectivity index (χ4v) is 2.86. The fourth-order valence-electron chi connectivity index (χ4n) is 2.51. The first kappa shape index (κ1) is 12.9. The van der Waals surface area contributed by atoms with Crippen molar-refractivity contribution in [3.05, 3.63) is 28.0 Å². The highest BCUT2D eigenvalue weighted by Crippen LogP contribution is 2.31. The minimum absolute atomic E-state index is 0.0879. The van der Waals surface area contributed by atoms with Crippen LogP contribution in [-0.4, -0.2) is 4.98 Å². The number of pyridine rings is 1. The van der Waals surface area contributed by atoms with Crippen molar-refractivity contribution in [2.75, 3.05) is 0 Å². The van der Waals surface area contributed by atoms with Gasteiger partial charge in [-0.25, -0.2) is 8.78 Å². The number of nitrogens with zero attached hydrogens (tertiary/aromatic N) is 1. The standard InChI is InChI=1S/C13H16BrF2N/c14-10-7-11(13(15)16)12(17-8-10)6-9-4-2-1-3-5-9/h7-9,13H,1-6H2. The van der Waals surface area contributed by atoms with Crippen LogP contribution < -0.4 is 0 Å². The van der Waals surface area contributed by atoms with Crippen LogP contribution in [0.1, 0.15) is 49.8 Å². The molecule has 0 amide bonds. The topological polar surface area (TPSA) is 12.9 Å². The van der Waals surface area contributed by atoms with Crippen molar-refractivity contribution in [1.29, 1.82) is 0 Å². The number of hydrogen-bond donors (Lipinski definition) is 0. The Morgan fingerprint density at radius 3 is 2.65 bits per heavy atom. The molecule has 2 rings (SSSR count). The molecule has 0 radical (unpaired) electrons. The van der Waals surface area contributed by atoms with E-state index >= 15 is 0 Å². The van der Waals surface area contributed by atoms with E-state index in [1.54, 1.807) is 6.20 Å². The maximum Gasteiger partial charge on any atom is 0.265 e. The van der Waals surface area contributed by atoms with E-state index in [1.165, 1.54) is 25.3 Å². The van der Waals surface area contributed by atoms with Crippen LogP contribution in [0.5, 0.6) is 0 Å². The summed E-state index contributed by atoms with van der Waals surface area (Å²) in [7, 11) is 0. The number of hydrogen-bond acceptors (Lipinski definition) is 1. The summed E-state index contributed by atoms with van der Waals surface area (Å²) >= 11 is 3.19. The zero-order valence-corrected chi connectivity index (χ0v) is 11.2. The van der Waals surface area contributed by atoms with Crippen LogP contribution in [0, 0.1) is 5.92 Å². The van der Waals surface area contributed by atoms with Crippen molar-refractivity contribution < 1.29 is 8.78 Å². The molecule has 0 aromatic carbocycles. The molecule has 17 heavy (non-hydrogen) atoms. The molecule has 1 fully saturated rings. The Bertz CT molecular complexity index is 376. The van der Waals surface area contributed by atoms with Gasteiger partial charge in [-0.3, -0.25) is 4.98 Å². The van der Waals surface area contributed by atoms with Crippen LogP contribution in [0.3, 0.4) is 0 Å². The number of aromatic nitrogens is 1. The van der Waals surface area contributed by atoms with Crippen molar-refractivity contribution in [2.45, 2.75) is 45.0 Å². The molecule has 0 saturated heterocycles. The first-order chi connectivity index (χ1) is 8.16. The van der Waals surface area contributed by atoms with Gasteiger partial charge in [0.25, 0.3) is 6.43 Å². The molecule has 1 aromatic heterocycles. The summed E-state index contributed by atoms with van der Waals surface area (Å²) in [5.74, 6) is 0.537. The van der Waals surface area contributed by atoms with Gasteiger partial charge >= 0.3 is 0 Å². The highest BCUT2D eigenvalue weighted by Gasteiger charge is 2.20. The Morgan fingerprint density at radius 1 is 1.29 bits per heavy atom. The SMILES string of the molecule is FC(F)c1cc(Br)cnc1CC1CCCCC1. The van der Waals surface area contributed by atoms with Gasteiger partial charge in [0.2, 0.25) is 0 Å². The van der Waals surface area contributed by atoms with Crippen LogP contribution in [0.2, 0.25) is 0 Å². The lowest BCUT2D eigenvalue weighted by Crippen LogP contribution is -2.12. The third-order valence-corrected chi connectivity index (χ3v) is 3.85. The predicted molar refractivity (Wildman–Crippen MR) is 67.2 cm³/mol. The van der Waals surface area contributed by atoms with Gasteiger partial charge in [-0.1, -0.05) is 32.1 Å². The monoisotopic (exact) mass is 303 g/mol. The van der Waals surface area contributed by atoms with E-state index in [2.05, 4.69) is 20.9 Å². The predicted octanol–water partition coefficient (Wildman–Crippen LogP) is 4.90. The second-order valence-corrected chi connectivity index (χ2v) is 5.61. The summed E-state index contributed by atoms with van der Waals surface area (Å²) in [5.41, 5.74) is 0.667. The molecule has 1 saturated carbocycles. The molecule has 94 valence electrons. The molecule has 1 aromatic rings. The summed E-state index contributed by atoms with van der Waals surface area (Å²) in [6.45, 7) is 0. The lowest BCUT2D eigenvalue weighted by Gasteiger charge is -2.22. The molecule has 1 nitrogen and oxygen atoms in total. The van der Waals surface area contributed by atoms with Crippen molar-refractivity contribution in [3.63, 3.8) is 0 Å². The average Bonchev–Trinajstić information content (AvgIpc) is 2.32. The molecule has 0 atom stereocenters. The van der Waals surface area contributed by atoms with E-state index in [0.717, 1.165) is 12.8 Å². The normalized spacial score (nSPS) is 17.6.